The van der Waals surface area contributed by atoms with Gasteiger partial charge in [-0.2, -0.15) is 4.31 Å². The molecular weight excluding hydrogens is 393 g/mol. The number of amides is 1. The van der Waals surface area contributed by atoms with Gasteiger partial charge < -0.3 is 9.80 Å². The van der Waals surface area contributed by atoms with Crippen LogP contribution in [0.15, 0.2) is 47.4 Å². The van der Waals surface area contributed by atoms with Gasteiger partial charge in [0.25, 0.3) is 0 Å². The Balaban J connectivity index is 1.51. The average Bonchev–Trinajstić information content (AvgIpc) is 3.03. The highest BCUT2D eigenvalue weighted by molar-refractivity contribution is 7.89. The van der Waals surface area contributed by atoms with Crippen LogP contribution in [0.1, 0.15) is 19.4 Å². The Morgan fingerprint density at radius 2 is 1.69 bits per heavy atom. The summed E-state index contributed by atoms with van der Waals surface area (Å²) in [6.07, 6.45) is 0.649. The smallest absolute Gasteiger partial charge is 0.243 e. The van der Waals surface area contributed by atoms with Crippen LogP contribution in [0.2, 0.25) is 0 Å². The van der Waals surface area contributed by atoms with E-state index in [1.165, 1.54) is 23.4 Å². The largest absolute Gasteiger partial charge is 0.369 e. The molecule has 0 spiro atoms. The number of halogens is 1. The Morgan fingerprint density at radius 1 is 1.03 bits per heavy atom. The van der Waals surface area contributed by atoms with Gasteiger partial charge in [-0.1, -0.05) is 0 Å². The molecular formula is C21H24FN3O3S. The van der Waals surface area contributed by atoms with Crippen molar-refractivity contribution in [3.05, 3.63) is 53.8 Å². The third kappa shape index (κ3) is 3.62. The van der Waals surface area contributed by atoms with Crippen molar-refractivity contribution in [2.45, 2.75) is 31.2 Å². The molecule has 2 heterocycles. The Hall–Kier alpha value is -2.45. The molecule has 2 aromatic rings. The highest BCUT2D eigenvalue weighted by atomic mass is 32.2. The standard InChI is InChI=1S/C21H24FN3O3S/c1-15-13-17-14-20(7-8-21(17)25(15)16(2)26)29(27,28)24-11-9-23(10-12-24)19-5-3-18(22)4-6-19/h3-8,14-15H,9-13H2,1-2H3. The third-order valence-electron chi connectivity index (χ3n) is 5.67. The molecule has 0 aromatic heterocycles. The summed E-state index contributed by atoms with van der Waals surface area (Å²) >= 11 is 0. The van der Waals surface area contributed by atoms with E-state index in [2.05, 4.69) is 4.90 Å². The summed E-state index contributed by atoms with van der Waals surface area (Å²) < 4.78 is 40.9. The van der Waals surface area contributed by atoms with Gasteiger partial charge >= 0.3 is 0 Å². The van der Waals surface area contributed by atoms with E-state index in [4.69, 9.17) is 0 Å². The van der Waals surface area contributed by atoms with Crippen molar-refractivity contribution in [2.24, 2.45) is 0 Å². The van der Waals surface area contributed by atoms with E-state index in [1.54, 1.807) is 35.2 Å². The number of hydrogen-bond acceptors (Lipinski definition) is 4. The van der Waals surface area contributed by atoms with Gasteiger partial charge in [-0.05, 0) is 61.4 Å². The molecule has 0 saturated carbocycles. The molecule has 1 amide bonds. The molecule has 0 radical (unpaired) electrons. The fourth-order valence-corrected chi connectivity index (χ4v) is 5.71. The van der Waals surface area contributed by atoms with E-state index in [0.29, 0.717) is 32.6 Å². The van der Waals surface area contributed by atoms with Gasteiger partial charge in [0.1, 0.15) is 5.82 Å². The molecule has 4 rings (SSSR count). The molecule has 0 bridgehead atoms. The lowest BCUT2D eigenvalue weighted by Crippen LogP contribution is -2.48. The molecule has 6 nitrogen and oxygen atoms in total. The summed E-state index contributed by atoms with van der Waals surface area (Å²) in [7, 11) is -3.61. The molecule has 2 aliphatic rings. The van der Waals surface area contributed by atoms with Gasteiger partial charge in [0.2, 0.25) is 15.9 Å². The van der Waals surface area contributed by atoms with Gasteiger partial charge in [-0.15, -0.1) is 0 Å². The first-order chi connectivity index (χ1) is 13.8. The predicted octanol–water partition coefficient (Wildman–Crippen LogP) is 2.63. The Morgan fingerprint density at radius 3 is 2.31 bits per heavy atom. The summed E-state index contributed by atoms with van der Waals surface area (Å²) in [5.74, 6) is -0.326. The molecule has 29 heavy (non-hydrogen) atoms. The van der Waals surface area contributed by atoms with E-state index in [0.717, 1.165) is 16.9 Å². The highest BCUT2D eigenvalue weighted by Crippen LogP contribution is 2.34. The Bertz CT molecular complexity index is 1030. The second-order valence-corrected chi connectivity index (χ2v) is 9.54. The van der Waals surface area contributed by atoms with Crippen molar-refractivity contribution in [2.75, 3.05) is 36.0 Å². The second-order valence-electron chi connectivity index (χ2n) is 7.60. The summed E-state index contributed by atoms with van der Waals surface area (Å²) in [5, 5.41) is 0. The van der Waals surface area contributed by atoms with E-state index in [-0.39, 0.29) is 22.7 Å². The number of hydrogen-bond donors (Lipinski definition) is 0. The van der Waals surface area contributed by atoms with E-state index in [9.17, 15) is 17.6 Å². The van der Waals surface area contributed by atoms with Crippen LogP contribution in [-0.4, -0.2) is 50.9 Å². The molecule has 0 aliphatic carbocycles. The van der Waals surface area contributed by atoms with Crippen molar-refractivity contribution >= 4 is 27.3 Å². The number of piperazine rings is 1. The first-order valence-electron chi connectivity index (χ1n) is 9.71. The molecule has 2 aromatic carbocycles. The van der Waals surface area contributed by atoms with Gasteiger partial charge in [-0.25, -0.2) is 12.8 Å². The zero-order chi connectivity index (χ0) is 20.8. The molecule has 1 fully saturated rings. The third-order valence-corrected chi connectivity index (χ3v) is 7.57. The van der Waals surface area contributed by atoms with Crippen LogP contribution in [0.25, 0.3) is 0 Å². The predicted molar refractivity (Wildman–Crippen MR) is 110 cm³/mol. The molecule has 2 aliphatic heterocycles. The number of nitrogens with zero attached hydrogens (tertiary/aromatic N) is 3. The van der Waals surface area contributed by atoms with Gasteiger partial charge in [0, 0.05) is 50.5 Å². The van der Waals surface area contributed by atoms with Crippen molar-refractivity contribution in [3.63, 3.8) is 0 Å². The Labute approximate surface area is 170 Å². The molecule has 1 saturated heterocycles. The minimum Gasteiger partial charge on any atom is -0.369 e. The van der Waals surface area contributed by atoms with Crippen LogP contribution in [0.5, 0.6) is 0 Å². The van der Waals surface area contributed by atoms with E-state index >= 15 is 0 Å². The van der Waals surface area contributed by atoms with Crippen LogP contribution in [0.3, 0.4) is 0 Å². The maximum Gasteiger partial charge on any atom is 0.243 e. The summed E-state index contributed by atoms with van der Waals surface area (Å²) in [6.45, 7) is 5.32. The van der Waals surface area contributed by atoms with Crippen molar-refractivity contribution in [1.82, 2.24) is 4.31 Å². The van der Waals surface area contributed by atoms with Gasteiger partial charge in [-0.3, -0.25) is 4.79 Å². The van der Waals surface area contributed by atoms with Crippen LogP contribution in [0, 0.1) is 5.82 Å². The van der Waals surface area contributed by atoms with Crippen molar-refractivity contribution < 1.29 is 17.6 Å². The fraction of sp³-hybridized carbons (Fsp3) is 0.381. The minimum atomic E-state index is -3.61. The number of sulfonamides is 1. The number of carbonyl (C=O) groups is 1. The van der Waals surface area contributed by atoms with Crippen LogP contribution >= 0.6 is 0 Å². The SMILES string of the molecule is CC(=O)N1c2ccc(S(=O)(=O)N3CCN(c4ccc(F)cc4)CC3)cc2CC1C. The average molecular weight is 418 g/mol. The quantitative estimate of drug-likeness (QED) is 0.770. The highest BCUT2D eigenvalue weighted by Gasteiger charge is 2.33. The van der Waals surface area contributed by atoms with Crippen molar-refractivity contribution in [3.8, 4) is 0 Å². The lowest BCUT2D eigenvalue weighted by molar-refractivity contribution is -0.116. The Kier molecular flexibility index (Phi) is 5.08. The molecule has 0 N–H and O–H groups in total. The van der Waals surface area contributed by atoms with Crippen LogP contribution in [0.4, 0.5) is 15.8 Å². The first-order valence-corrected chi connectivity index (χ1v) is 11.1. The second kappa shape index (κ2) is 7.42. The maximum atomic E-state index is 13.1. The number of carbonyl (C=O) groups excluding carboxylic acids is 1. The fourth-order valence-electron chi connectivity index (χ4n) is 4.24. The monoisotopic (exact) mass is 417 g/mol. The lowest BCUT2D eigenvalue weighted by atomic mass is 10.1. The van der Waals surface area contributed by atoms with Gasteiger partial charge in [0.15, 0.2) is 0 Å². The van der Waals surface area contributed by atoms with Crippen molar-refractivity contribution in [1.29, 1.82) is 0 Å². The topological polar surface area (TPSA) is 60.9 Å². The number of benzene rings is 2. The van der Waals surface area contributed by atoms with Gasteiger partial charge in [0.05, 0.1) is 4.90 Å². The lowest BCUT2D eigenvalue weighted by Gasteiger charge is -2.35. The van der Waals surface area contributed by atoms with Crippen LogP contribution in [-0.2, 0) is 21.2 Å². The number of rotatable bonds is 3. The maximum absolute atomic E-state index is 13.1. The van der Waals surface area contributed by atoms with E-state index in [1.807, 2.05) is 6.92 Å². The molecule has 8 heteroatoms. The summed E-state index contributed by atoms with van der Waals surface area (Å²) in [4.78, 5) is 15.9. The van der Waals surface area contributed by atoms with Crippen LogP contribution < -0.4 is 9.80 Å². The normalized spacial score (nSPS) is 20.0. The summed E-state index contributed by atoms with van der Waals surface area (Å²) in [6, 6.07) is 11.3. The summed E-state index contributed by atoms with van der Waals surface area (Å²) in [5.41, 5.74) is 2.57. The zero-order valence-electron chi connectivity index (χ0n) is 16.5. The molecule has 1 atom stereocenters. The first kappa shape index (κ1) is 19.8. The zero-order valence-corrected chi connectivity index (χ0v) is 17.3. The molecule has 1 unspecified atom stereocenters. The number of fused-ring (bicyclic) bond motifs is 1. The minimum absolute atomic E-state index is 0.0275. The molecule has 154 valence electrons. The number of anilines is 2. The van der Waals surface area contributed by atoms with E-state index < -0.39 is 10.0 Å².